The van der Waals surface area contributed by atoms with Crippen LogP contribution in [0.3, 0.4) is 0 Å². The molecule has 2 N–H and O–H groups in total. The summed E-state index contributed by atoms with van der Waals surface area (Å²) in [4.78, 5) is 26.7. The Morgan fingerprint density at radius 2 is 2.25 bits per heavy atom. The Bertz CT molecular complexity index is 890. The lowest BCUT2D eigenvalue weighted by molar-refractivity contribution is -0.385. The maximum Gasteiger partial charge on any atom is 0.283 e. The number of aromatic amines is 1. The maximum absolute atomic E-state index is 12.2. The normalized spacial score (nSPS) is 10.5. The largest absolute Gasteiger partial charge is 0.461 e. The molecule has 2 heterocycles. The van der Waals surface area contributed by atoms with Crippen molar-refractivity contribution in [3.63, 3.8) is 0 Å². The summed E-state index contributed by atoms with van der Waals surface area (Å²) in [6, 6.07) is 7.23. The van der Waals surface area contributed by atoms with Gasteiger partial charge in [0.2, 0.25) is 5.82 Å². The van der Waals surface area contributed by atoms with Crippen LogP contribution in [0.15, 0.2) is 41.0 Å². The van der Waals surface area contributed by atoms with E-state index in [1.54, 1.807) is 12.1 Å². The Kier molecular flexibility index (Phi) is 4.25. The van der Waals surface area contributed by atoms with E-state index in [-0.39, 0.29) is 22.8 Å². The minimum absolute atomic E-state index is 0.0202. The fourth-order valence-corrected chi connectivity index (χ4v) is 2.16. The molecule has 9 nitrogen and oxygen atoms in total. The summed E-state index contributed by atoms with van der Waals surface area (Å²) >= 11 is 5.72. The molecule has 1 aromatic carbocycles. The maximum atomic E-state index is 12.2. The predicted octanol–water partition coefficient (Wildman–Crippen LogP) is 2.56. The topological polar surface area (TPSA) is 127 Å². The van der Waals surface area contributed by atoms with E-state index in [2.05, 4.69) is 20.5 Å². The van der Waals surface area contributed by atoms with Crippen molar-refractivity contribution in [1.29, 1.82) is 0 Å². The second-order valence-electron chi connectivity index (χ2n) is 4.68. The lowest BCUT2D eigenvalue weighted by atomic mass is 10.1. The van der Waals surface area contributed by atoms with Gasteiger partial charge in [0, 0.05) is 11.1 Å². The van der Waals surface area contributed by atoms with E-state index >= 15 is 0 Å². The van der Waals surface area contributed by atoms with Crippen LogP contribution in [0.4, 0.5) is 5.69 Å². The molecule has 0 aliphatic rings. The van der Waals surface area contributed by atoms with Gasteiger partial charge in [-0.2, -0.15) is 0 Å². The summed E-state index contributed by atoms with van der Waals surface area (Å²) in [7, 11) is 0. The van der Waals surface area contributed by atoms with Gasteiger partial charge < -0.3 is 9.73 Å². The molecule has 3 aromatic rings. The second kappa shape index (κ2) is 6.50. The monoisotopic (exact) mass is 347 g/mol. The van der Waals surface area contributed by atoms with E-state index in [4.69, 9.17) is 16.0 Å². The van der Waals surface area contributed by atoms with E-state index in [0.717, 1.165) is 6.07 Å². The molecule has 0 saturated heterocycles. The number of benzene rings is 1. The number of halogens is 1. The van der Waals surface area contributed by atoms with Crippen LogP contribution in [0.1, 0.15) is 16.2 Å². The molecule has 2 aromatic heterocycles. The standard InChI is InChI=1S/C14H10ClN5O4/c15-8-3-4-9(10(6-8)20(22)23)14(21)16-7-12-17-13(19-18-12)11-2-1-5-24-11/h1-6H,7H2,(H,16,21)(H,17,18,19). The molecule has 0 spiro atoms. The quantitative estimate of drug-likeness (QED) is 0.539. The third kappa shape index (κ3) is 3.25. The first-order valence-electron chi connectivity index (χ1n) is 6.72. The van der Waals surface area contributed by atoms with E-state index in [9.17, 15) is 14.9 Å². The minimum atomic E-state index is -0.662. The fourth-order valence-electron chi connectivity index (χ4n) is 2.00. The van der Waals surface area contributed by atoms with Crippen LogP contribution in [0.25, 0.3) is 11.6 Å². The number of hydrogen-bond donors (Lipinski definition) is 2. The van der Waals surface area contributed by atoms with Crippen molar-refractivity contribution < 1.29 is 14.1 Å². The molecule has 0 atom stereocenters. The van der Waals surface area contributed by atoms with Crippen LogP contribution in [0, 0.1) is 10.1 Å². The Morgan fingerprint density at radius 3 is 2.96 bits per heavy atom. The highest BCUT2D eigenvalue weighted by molar-refractivity contribution is 6.31. The molecule has 3 rings (SSSR count). The summed E-state index contributed by atoms with van der Waals surface area (Å²) < 4.78 is 5.16. The number of carbonyl (C=O) groups is 1. The molecule has 0 bridgehead atoms. The average molecular weight is 348 g/mol. The second-order valence-corrected chi connectivity index (χ2v) is 5.12. The molecular weight excluding hydrogens is 338 g/mol. The van der Waals surface area contributed by atoms with Gasteiger partial charge in [-0.15, -0.1) is 5.10 Å². The van der Waals surface area contributed by atoms with Crippen LogP contribution in [-0.2, 0) is 6.54 Å². The molecular formula is C14H10ClN5O4. The van der Waals surface area contributed by atoms with E-state index in [1.807, 2.05) is 0 Å². The number of furan rings is 1. The molecule has 0 unspecified atom stereocenters. The number of nitro benzene ring substituents is 1. The molecule has 122 valence electrons. The van der Waals surface area contributed by atoms with Crippen LogP contribution in [-0.4, -0.2) is 26.0 Å². The Labute approximate surface area is 139 Å². The molecule has 1 amide bonds. The van der Waals surface area contributed by atoms with Crippen molar-refractivity contribution in [2.45, 2.75) is 6.54 Å². The number of H-pyrrole nitrogens is 1. The number of amides is 1. The molecule has 10 heteroatoms. The molecule has 0 radical (unpaired) electrons. The Hall–Kier alpha value is -3.20. The summed E-state index contributed by atoms with van der Waals surface area (Å²) in [5.41, 5.74) is -0.455. The SMILES string of the molecule is O=C(NCc1nc(-c2ccco2)n[nH]1)c1ccc(Cl)cc1[N+](=O)[O-]. The number of nitrogens with zero attached hydrogens (tertiary/aromatic N) is 3. The van der Waals surface area contributed by atoms with Gasteiger partial charge >= 0.3 is 0 Å². The van der Waals surface area contributed by atoms with Gasteiger partial charge in [0.05, 0.1) is 17.7 Å². The van der Waals surface area contributed by atoms with Gasteiger partial charge in [0.15, 0.2) is 5.76 Å². The van der Waals surface area contributed by atoms with Crippen molar-refractivity contribution in [1.82, 2.24) is 20.5 Å². The smallest absolute Gasteiger partial charge is 0.283 e. The van der Waals surface area contributed by atoms with Crippen LogP contribution >= 0.6 is 11.6 Å². The molecule has 24 heavy (non-hydrogen) atoms. The zero-order valence-corrected chi connectivity index (χ0v) is 12.8. The van der Waals surface area contributed by atoms with Crippen molar-refractivity contribution in [2.24, 2.45) is 0 Å². The lowest BCUT2D eigenvalue weighted by Gasteiger charge is -2.04. The highest BCUT2D eigenvalue weighted by Gasteiger charge is 2.20. The van der Waals surface area contributed by atoms with Crippen molar-refractivity contribution in [2.75, 3.05) is 0 Å². The number of nitrogens with one attached hydrogen (secondary N) is 2. The van der Waals surface area contributed by atoms with Gasteiger partial charge in [-0.3, -0.25) is 20.0 Å². The summed E-state index contributed by atoms with van der Waals surface area (Å²) in [5, 5.41) is 20.3. The van der Waals surface area contributed by atoms with Crippen molar-refractivity contribution in [3.8, 4) is 11.6 Å². The molecule has 0 aliphatic heterocycles. The molecule has 0 fully saturated rings. The number of hydrogen-bond acceptors (Lipinski definition) is 6. The van der Waals surface area contributed by atoms with Crippen LogP contribution < -0.4 is 5.32 Å². The van der Waals surface area contributed by atoms with E-state index in [0.29, 0.717) is 17.4 Å². The van der Waals surface area contributed by atoms with Crippen LogP contribution in [0.2, 0.25) is 5.02 Å². The Balaban J connectivity index is 1.71. The zero-order chi connectivity index (χ0) is 17.1. The first-order chi connectivity index (χ1) is 11.5. The van der Waals surface area contributed by atoms with Gasteiger partial charge in [0.1, 0.15) is 11.4 Å². The highest BCUT2D eigenvalue weighted by atomic mass is 35.5. The molecule has 0 aliphatic carbocycles. The van der Waals surface area contributed by atoms with Gasteiger partial charge in [-0.25, -0.2) is 4.98 Å². The number of rotatable bonds is 5. The van der Waals surface area contributed by atoms with Crippen molar-refractivity contribution >= 4 is 23.2 Å². The van der Waals surface area contributed by atoms with E-state index in [1.165, 1.54) is 18.4 Å². The number of nitro groups is 1. The molecule has 0 saturated carbocycles. The lowest BCUT2D eigenvalue weighted by Crippen LogP contribution is -2.24. The van der Waals surface area contributed by atoms with E-state index < -0.39 is 10.8 Å². The summed E-state index contributed by atoms with van der Waals surface area (Å²) in [6.45, 7) is 0.0202. The zero-order valence-electron chi connectivity index (χ0n) is 12.0. The number of aromatic nitrogens is 3. The third-order valence-corrected chi connectivity index (χ3v) is 3.33. The first kappa shape index (κ1) is 15.7. The fraction of sp³-hybridized carbons (Fsp3) is 0.0714. The van der Waals surface area contributed by atoms with Gasteiger partial charge in [-0.05, 0) is 24.3 Å². The predicted molar refractivity (Wildman–Crippen MR) is 83.4 cm³/mol. The highest BCUT2D eigenvalue weighted by Crippen LogP contribution is 2.23. The third-order valence-electron chi connectivity index (χ3n) is 3.09. The first-order valence-corrected chi connectivity index (χ1v) is 7.09. The number of carbonyl (C=O) groups excluding carboxylic acids is 1. The van der Waals surface area contributed by atoms with Gasteiger partial charge in [-0.1, -0.05) is 11.6 Å². The Morgan fingerprint density at radius 1 is 1.42 bits per heavy atom. The average Bonchev–Trinajstić information content (AvgIpc) is 3.23. The van der Waals surface area contributed by atoms with Gasteiger partial charge in [0.25, 0.3) is 11.6 Å². The minimum Gasteiger partial charge on any atom is -0.461 e. The summed E-state index contributed by atoms with van der Waals surface area (Å²) in [5.74, 6) is 0.597. The van der Waals surface area contributed by atoms with Crippen molar-refractivity contribution in [3.05, 3.63) is 63.1 Å². The van der Waals surface area contributed by atoms with Crippen LogP contribution in [0.5, 0.6) is 0 Å². The summed E-state index contributed by atoms with van der Waals surface area (Å²) in [6.07, 6.45) is 1.49.